The van der Waals surface area contributed by atoms with E-state index in [4.69, 9.17) is 4.74 Å². The Morgan fingerprint density at radius 1 is 1.44 bits per heavy atom. The van der Waals surface area contributed by atoms with Gasteiger partial charge in [-0.3, -0.25) is 0 Å². The molecule has 0 aliphatic carbocycles. The van der Waals surface area contributed by atoms with Gasteiger partial charge in [-0.25, -0.2) is 0 Å². The maximum atomic E-state index is 12.3. The van der Waals surface area contributed by atoms with Crippen LogP contribution in [-0.4, -0.2) is 48.1 Å². The molecule has 4 nitrogen and oxygen atoms in total. The molecule has 0 bridgehead atoms. The molecule has 5 atom stereocenters. The fourth-order valence-electron chi connectivity index (χ4n) is 1.97. The second-order valence-corrected chi connectivity index (χ2v) is 9.71. The van der Waals surface area contributed by atoms with Crippen molar-refractivity contribution in [2.75, 3.05) is 7.05 Å². The number of ether oxygens (including phenoxy) is 1. The fraction of sp³-hybridized carbons (Fsp3) is 1.00. The summed E-state index contributed by atoms with van der Waals surface area (Å²) in [6.07, 6.45) is 1.08. The molecule has 1 fully saturated rings. The number of alkyl halides is 1. The SMILES string of the molecule is CC([C@@H]1CCC(I)C(O)O1)N(C)[S@@+]([O-])C(C)(C)C. The van der Waals surface area contributed by atoms with Gasteiger partial charge in [-0.2, -0.15) is 0 Å². The number of likely N-dealkylation sites (N-methyl/N-ethyl adjacent to an activating group) is 1. The molecule has 0 spiro atoms. The third-order valence-electron chi connectivity index (χ3n) is 3.25. The predicted octanol–water partition coefficient (Wildman–Crippen LogP) is 2.07. The number of rotatable bonds is 3. The third-order valence-corrected chi connectivity index (χ3v) is 6.39. The summed E-state index contributed by atoms with van der Waals surface area (Å²) in [4.78, 5) is 0. The maximum absolute atomic E-state index is 12.3. The Morgan fingerprint density at radius 2 is 2.00 bits per heavy atom. The van der Waals surface area contributed by atoms with Crippen LogP contribution in [0, 0.1) is 0 Å². The second-order valence-electron chi connectivity index (χ2n) is 5.81. The highest BCUT2D eigenvalue weighted by molar-refractivity contribution is 14.1. The molecule has 1 saturated heterocycles. The van der Waals surface area contributed by atoms with Gasteiger partial charge in [-0.05, 0) is 40.5 Å². The molecule has 18 heavy (non-hydrogen) atoms. The molecule has 1 aliphatic rings. The van der Waals surface area contributed by atoms with Crippen molar-refractivity contribution in [2.24, 2.45) is 0 Å². The molecule has 1 rings (SSSR count). The molecule has 0 aromatic rings. The topological polar surface area (TPSA) is 55.8 Å². The van der Waals surface area contributed by atoms with Crippen LogP contribution in [0.2, 0.25) is 0 Å². The number of halogens is 1. The van der Waals surface area contributed by atoms with Crippen molar-refractivity contribution in [1.82, 2.24) is 4.31 Å². The minimum Gasteiger partial charge on any atom is -0.597 e. The van der Waals surface area contributed by atoms with Gasteiger partial charge in [0.2, 0.25) is 0 Å². The molecule has 1 aliphatic heterocycles. The predicted molar refractivity (Wildman–Crippen MR) is 83.0 cm³/mol. The Hall–Kier alpha value is 0.920. The van der Waals surface area contributed by atoms with Gasteiger partial charge in [0.05, 0.1) is 16.1 Å². The van der Waals surface area contributed by atoms with Crippen LogP contribution in [0.1, 0.15) is 40.5 Å². The molecule has 0 radical (unpaired) electrons. The maximum Gasteiger partial charge on any atom is 0.166 e. The Kier molecular flexibility index (Phi) is 6.21. The van der Waals surface area contributed by atoms with E-state index in [9.17, 15) is 9.66 Å². The van der Waals surface area contributed by atoms with E-state index in [0.29, 0.717) is 0 Å². The van der Waals surface area contributed by atoms with E-state index in [1.165, 1.54) is 0 Å². The standard InChI is InChI=1S/C12H24INO3S/c1-8(14(5)18(16)12(2,3)4)10-7-6-9(13)11(15)17-10/h8-11,15H,6-7H2,1-5H3/t8?,9?,10-,11?,18-/m0/s1. The number of aliphatic hydroxyl groups is 1. The summed E-state index contributed by atoms with van der Waals surface area (Å²) in [5.74, 6) is 0. The highest BCUT2D eigenvalue weighted by Gasteiger charge is 2.39. The molecule has 3 unspecified atom stereocenters. The first-order valence-corrected chi connectivity index (χ1v) is 8.62. The van der Waals surface area contributed by atoms with Crippen molar-refractivity contribution >= 4 is 34.0 Å². The van der Waals surface area contributed by atoms with E-state index < -0.39 is 17.7 Å². The van der Waals surface area contributed by atoms with Gasteiger partial charge in [0.15, 0.2) is 6.29 Å². The number of nitrogens with zero attached hydrogens (tertiary/aromatic N) is 1. The van der Waals surface area contributed by atoms with E-state index in [2.05, 4.69) is 22.6 Å². The largest absolute Gasteiger partial charge is 0.597 e. The van der Waals surface area contributed by atoms with E-state index in [1.807, 2.05) is 39.0 Å². The van der Waals surface area contributed by atoms with Crippen molar-refractivity contribution in [2.45, 2.75) is 67.6 Å². The summed E-state index contributed by atoms with van der Waals surface area (Å²) in [6, 6.07) is 0.0311. The van der Waals surface area contributed by atoms with Crippen LogP contribution in [-0.2, 0) is 16.1 Å². The molecule has 6 heteroatoms. The number of hydrogen-bond acceptors (Lipinski definition) is 4. The van der Waals surface area contributed by atoms with Crippen LogP contribution in [0.15, 0.2) is 0 Å². The summed E-state index contributed by atoms with van der Waals surface area (Å²) in [5.41, 5.74) is 0. The second kappa shape index (κ2) is 6.58. The Bertz CT molecular complexity index is 275. The molecule has 0 aromatic heterocycles. The van der Waals surface area contributed by atoms with Gasteiger partial charge in [0.25, 0.3) is 0 Å². The van der Waals surface area contributed by atoms with Crippen molar-refractivity contribution < 1.29 is 14.4 Å². The minimum atomic E-state index is -1.06. The van der Waals surface area contributed by atoms with Gasteiger partial charge >= 0.3 is 0 Å². The van der Waals surface area contributed by atoms with Crippen LogP contribution in [0.3, 0.4) is 0 Å². The van der Waals surface area contributed by atoms with Crippen LogP contribution in [0.4, 0.5) is 0 Å². The Morgan fingerprint density at radius 3 is 2.44 bits per heavy atom. The monoisotopic (exact) mass is 389 g/mol. The van der Waals surface area contributed by atoms with E-state index in [0.717, 1.165) is 12.8 Å². The van der Waals surface area contributed by atoms with E-state index in [-0.39, 0.29) is 20.8 Å². The summed E-state index contributed by atoms with van der Waals surface area (Å²) < 4.78 is 19.7. The van der Waals surface area contributed by atoms with E-state index >= 15 is 0 Å². The smallest absolute Gasteiger partial charge is 0.166 e. The van der Waals surface area contributed by atoms with Crippen molar-refractivity contribution in [3.8, 4) is 0 Å². The van der Waals surface area contributed by atoms with E-state index in [1.54, 1.807) is 0 Å². The summed E-state index contributed by atoms with van der Waals surface area (Å²) in [6.45, 7) is 7.89. The molecule has 0 amide bonds. The molecule has 1 N–H and O–H groups in total. The van der Waals surface area contributed by atoms with Gasteiger partial charge in [-0.1, -0.05) is 22.6 Å². The van der Waals surface area contributed by atoms with Crippen molar-refractivity contribution in [3.63, 3.8) is 0 Å². The minimum absolute atomic E-state index is 0.0311. The van der Waals surface area contributed by atoms with Gasteiger partial charge < -0.3 is 14.4 Å². The first-order valence-electron chi connectivity index (χ1n) is 6.27. The number of aliphatic hydroxyl groups excluding tert-OH is 1. The zero-order valence-electron chi connectivity index (χ0n) is 11.7. The van der Waals surface area contributed by atoms with Crippen LogP contribution < -0.4 is 0 Å². The lowest BCUT2D eigenvalue weighted by Gasteiger charge is -2.39. The van der Waals surface area contributed by atoms with Crippen molar-refractivity contribution in [3.05, 3.63) is 0 Å². The van der Waals surface area contributed by atoms with Gasteiger partial charge in [0, 0.05) is 18.4 Å². The summed E-state index contributed by atoms with van der Waals surface area (Å²) in [7, 11) is 1.86. The quantitative estimate of drug-likeness (QED) is 0.456. The first kappa shape index (κ1) is 17.0. The van der Waals surface area contributed by atoms with Crippen LogP contribution in [0.5, 0.6) is 0 Å². The van der Waals surface area contributed by atoms with Crippen molar-refractivity contribution in [1.29, 1.82) is 0 Å². The number of hydrogen-bond donors (Lipinski definition) is 1. The average molecular weight is 389 g/mol. The highest BCUT2D eigenvalue weighted by Crippen LogP contribution is 2.29. The lowest BCUT2D eigenvalue weighted by Crippen LogP contribution is -2.52. The van der Waals surface area contributed by atoms with Crippen LogP contribution in [0.25, 0.3) is 0 Å². The summed E-state index contributed by atoms with van der Waals surface area (Å²) in [5, 5.41) is 9.75. The highest BCUT2D eigenvalue weighted by atomic mass is 127. The van der Waals surface area contributed by atoms with Gasteiger partial charge in [0.1, 0.15) is 4.75 Å². The lowest BCUT2D eigenvalue weighted by atomic mass is 10.0. The Labute approximate surface area is 127 Å². The van der Waals surface area contributed by atoms with Crippen LogP contribution >= 0.6 is 22.6 Å². The molecule has 0 saturated carbocycles. The zero-order valence-corrected chi connectivity index (χ0v) is 14.7. The molecular weight excluding hydrogens is 365 g/mol. The molecular formula is C12H24INO3S. The van der Waals surface area contributed by atoms with Gasteiger partial charge in [-0.15, -0.1) is 4.31 Å². The Balaban J connectivity index is 2.61. The average Bonchev–Trinajstić information content (AvgIpc) is 2.28. The lowest BCUT2D eigenvalue weighted by molar-refractivity contribution is -0.166. The molecule has 0 aromatic carbocycles. The summed E-state index contributed by atoms with van der Waals surface area (Å²) >= 11 is 1.15. The first-order chi connectivity index (χ1) is 8.14. The normalized spacial score (nSPS) is 33.5. The fourth-order valence-corrected chi connectivity index (χ4v) is 3.80. The zero-order chi connectivity index (χ0) is 14.1. The molecule has 108 valence electrons. The molecule has 1 heterocycles. The third kappa shape index (κ3) is 4.21.